The van der Waals surface area contributed by atoms with Crippen molar-refractivity contribution >= 4 is 41.1 Å². The zero-order chi connectivity index (χ0) is 11.7. The number of esters is 1. The molecule has 0 amide bonds. The molecule has 0 spiro atoms. The van der Waals surface area contributed by atoms with Gasteiger partial charge in [-0.3, -0.25) is 0 Å². The number of halogens is 2. The van der Waals surface area contributed by atoms with Crippen molar-refractivity contribution in [2.75, 3.05) is 6.61 Å². The second-order valence-electron chi connectivity index (χ2n) is 2.14. The summed E-state index contributed by atoms with van der Waals surface area (Å²) in [5.74, 6) is -0.557. The molecule has 0 heterocycles. The summed E-state index contributed by atoms with van der Waals surface area (Å²) < 4.78 is 4.74. The summed E-state index contributed by atoms with van der Waals surface area (Å²) in [6.45, 7) is 5.40. The van der Waals surface area contributed by atoms with Gasteiger partial charge in [0.15, 0.2) is 0 Å². The van der Waals surface area contributed by atoms with E-state index in [9.17, 15) is 4.79 Å². The van der Waals surface area contributed by atoms with E-state index >= 15 is 0 Å². The van der Waals surface area contributed by atoms with E-state index in [1.165, 1.54) is 12.3 Å². The van der Waals surface area contributed by atoms with Gasteiger partial charge in [0.2, 0.25) is 0 Å². The molecular formula is C9H10Cl2N2O2. The zero-order valence-corrected chi connectivity index (χ0v) is 9.62. The molecule has 4 nitrogen and oxygen atoms in total. The fraction of sp³-hybridized carbons (Fsp3) is 0.222. The summed E-state index contributed by atoms with van der Waals surface area (Å²) in [5.41, 5.74) is 1.10. The van der Waals surface area contributed by atoms with Gasteiger partial charge in [-0.25, -0.2) is 4.79 Å². The van der Waals surface area contributed by atoms with E-state index in [1.54, 1.807) is 6.92 Å². The average molecular weight is 249 g/mol. The summed E-state index contributed by atoms with van der Waals surface area (Å²) in [6, 6.07) is 0. The van der Waals surface area contributed by atoms with Crippen molar-refractivity contribution in [3.8, 4) is 0 Å². The number of rotatable bonds is 5. The predicted molar refractivity (Wildman–Crippen MR) is 62.5 cm³/mol. The highest BCUT2D eigenvalue weighted by Gasteiger charge is 2.10. The SMILES string of the molecule is C=C\C(C(=O)OCC)=C(Cl)/C=N/N=C/Cl. The Morgan fingerprint density at radius 1 is 1.53 bits per heavy atom. The molecule has 0 aromatic heterocycles. The van der Waals surface area contributed by atoms with Gasteiger partial charge >= 0.3 is 5.97 Å². The van der Waals surface area contributed by atoms with Crippen LogP contribution in [0.25, 0.3) is 0 Å². The predicted octanol–water partition coefficient (Wildman–Crippen LogP) is 2.48. The highest BCUT2D eigenvalue weighted by atomic mass is 35.5. The van der Waals surface area contributed by atoms with Crippen molar-refractivity contribution in [1.82, 2.24) is 0 Å². The largest absolute Gasteiger partial charge is 0.462 e. The molecule has 0 aromatic carbocycles. The minimum Gasteiger partial charge on any atom is -0.462 e. The summed E-state index contributed by atoms with van der Waals surface area (Å²) >= 11 is 10.9. The Hall–Kier alpha value is -1.13. The first-order valence-electron chi connectivity index (χ1n) is 4.01. The molecule has 0 saturated heterocycles. The van der Waals surface area contributed by atoms with Gasteiger partial charge in [0, 0.05) is 0 Å². The van der Waals surface area contributed by atoms with E-state index in [1.807, 2.05) is 0 Å². The molecule has 0 atom stereocenters. The van der Waals surface area contributed by atoms with Crippen LogP contribution in [0.2, 0.25) is 0 Å². The molecule has 0 radical (unpaired) electrons. The van der Waals surface area contributed by atoms with Gasteiger partial charge in [-0.2, -0.15) is 5.10 Å². The quantitative estimate of drug-likeness (QED) is 0.247. The fourth-order valence-electron chi connectivity index (χ4n) is 0.666. The molecule has 0 rings (SSSR count). The molecule has 0 aliphatic heterocycles. The lowest BCUT2D eigenvalue weighted by molar-refractivity contribution is -0.138. The Kier molecular flexibility index (Phi) is 7.58. The van der Waals surface area contributed by atoms with Crippen molar-refractivity contribution in [3.05, 3.63) is 23.3 Å². The maximum Gasteiger partial charge on any atom is 0.339 e. The summed E-state index contributed by atoms with van der Waals surface area (Å²) in [4.78, 5) is 11.3. The summed E-state index contributed by atoms with van der Waals surface area (Å²) in [7, 11) is 0. The number of ether oxygens (including phenoxy) is 1. The number of carbonyl (C=O) groups is 1. The maximum absolute atomic E-state index is 11.3. The van der Waals surface area contributed by atoms with Crippen molar-refractivity contribution < 1.29 is 9.53 Å². The zero-order valence-electron chi connectivity index (χ0n) is 8.11. The lowest BCUT2D eigenvalue weighted by Gasteiger charge is -2.02. The average Bonchev–Trinajstić information content (AvgIpc) is 2.19. The molecule has 82 valence electrons. The topological polar surface area (TPSA) is 51.0 Å². The van der Waals surface area contributed by atoms with Crippen LogP contribution in [0.1, 0.15) is 6.92 Å². The van der Waals surface area contributed by atoms with Gasteiger partial charge in [-0.15, -0.1) is 5.10 Å². The Labute approximate surface area is 97.9 Å². The first-order chi connectivity index (χ1) is 7.17. The number of nitrogens with zero attached hydrogens (tertiary/aromatic N) is 2. The van der Waals surface area contributed by atoms with Gasteiger partial charge < -0.3 is 4.74 Å². The molecule has 0 bridgehead atoms. The lowest BCUT2D eigenvalue weighted by atomic mass is 10.2. The van der Waals surface area contributed by atoms with Crippen LogP contribution >= 0.6 is 23.2 Å². The molecule has 0 aromatic rings. The van der Waals surface area contributed by atoms with E-state index in [2.05, 4.69) is 16.8 Å². The van der Waals surface area contributed by atoms with E-state index in [0.29, 0.717) is 0 Å². The molecule has 0 saturated carbocycles. The van der Waals surface area contributed by atoms with Crippen molar-refractivity contribution in [3.63, 3.8) is 0 Å². The molecule has 0 N–H and O–H groups in total. The fourth-order valence-corrected chi connectivity index (χ4v) is 0.914. The van der Waals surface area contributed by atoms with Crippen LogP contribution in [0.15, 0.2) is 33.5 Å². The number of carbonyl (C=O) groups excluding carboxylic acids is 1. The lowest BCUT2D eigenvalue weighted by Crippen LogP contribution is -2.07. The molecule has 0 aliphatic rings. The van der Waals surface area contributed by atoms with Crippen molar-refractivity contribution in [2.45, 2.75) is 6.92 Å². The van der Waals surface area contributed by atoms with Crippen LogP contribution in [-0.4, -0.2) is 24.5 Å². The Bertz CT molecular complexity index is 322. The van der Waals surface area contributed by atoms with Gasteiger partial charge in [0.25, 0.3) is 0 Å². The first kappa shape index (κ1) is 13.9. The van der Waals surface area contributed by atoms with Crippen molar-refractivity contribution in [1.29, 1.82) is 0 Å². The normalized spacial score (nSPS) is 13.0. The van der Waals surface area contributed by atoms with Gasteiger partial charge in [0.1, 0.15) is 5.67 Å². The minimum atomic E-state index is -0.557. The Balaban J connectivity index is 4.81. The molecule has 0 fully saturated rings. The van der Waals surface area contributed by atoms with E-state index in [4.69, 9.17) is 27.9 Å². The maximum atomic E-state index is 11.3. The third-order valence-corrected chi connectivity index (χ3v) is 1.63. The molecular weight excluding hydrogens is 239 g/mol. The summed E-state index contributed by atoms with van der Waals surface area (Å²) in [6.07, 6.45) is 2.46. The Morgan fingerprint density at radius 2 is 2.20 bits per heavy atom. The molecule has 0 unspecified atom stereocenters. The van der Waals surface area contributed by atoms with Gasteiger partial charge in [-0.05, 0) is 6.92 Å². The summed E-state index contributed by atoms with van der Waals surface area (Å²) in [5, 5.41) is 6.90. The van der Waals surface area contributed by atoms with Gasteiger partial charge in [-0.1, -0.05) is 35.9 Å². The standard InChI is InChI=1S/C9H10Cl2N2O2/c1-3-7(9(14)15-4-2)8(11)5-12-13-6-10/h3,5-6H,1,4H2,2H3/b8-7-,12-5+,13-6+. The van der Waals surface area contributed by atoms with Crippen LogP contribution in [-0.2, 0) is 9.53 Å². The van der Waals surface area contributed by atoms with E-state index < -0.39 is 5.97 Å². The minimum absolute atomic E-state index is 0.0886. The second kappa shape index (κ2) is 8.20. The second-order valence-corrected chi connectivity index (χ2v) is 2.75. The molecule has 0 aliphatic carbocycles. The highest BCUT2D eigenvalue weighted by molar-refractivity contribution is 6.56. The van der Waals surface area contributed by atoms with Crippen LogP contribution in [0, 0.1) is 0 Å². The van der Waals surface area contributed by atoms with Crippen LogP contribution in [0.3, 0.4) is 0 Å². The number of hydrogen-bond donors (Lipinski definition) is 0. The molecule has 15 heavy (non-hydrogen) atoms. The van der Waals surface area contributed by atoms with Crippen LogP contribution < -0.4 is 0 Å². The third-order valence-electron chi connectivity index (χ3n) is 1.24. The number of allylic oxidation sites excluding steroid dienone is 1. The van der Waals surface area contributed by atoms with E-state index in [0.717, 1.165) is 5.67 Å². The third kappa shape index (κ3) is 5.34. The molecule has 6 heteroatoms. The Morgan fingerprint density at radius 3 is 2.67 bits per heavy atom. The van der Waals surface area contributed by atoms with Gasteiger partial charge in [0.05, 0.1) is 23.4 Å². The first-order valence-corrected chi connectivity index (χ1v) is 4.83. The number of hydrogen-bond acceptors (Lipinski definition) is 4. The van der Waals surface area contributed by atoms with E-state index in [-0.39, 0.29) is 17.2 Å². The van der Waals surface area contributed by atoms with Crippen molar-refractivity contribution in [2.24, 2.45) is 10.2 Å². The highest BCUT2D eigenvalue weighted by Crippen LogP contribution is 2.10. The van der Waals surface area contributed by atoms with Crippen LogP contribution in [0.5, 0.6) is 0 Å². The smallest absolute Gasteiger partial charge is 0.339 e. The van der Waals surface area contributed by atoms with Crippen LogP contribution in [0.4, 0.5) is 0 Å². The monoisotopic (exact) mass is 248 g/mol.